The van der Waals surface area contributed by atoms with E-state index < -0.39 is 0 Å². The smallest absolute Gasteiger partial charge is 0.0597 e. The van der Waals surface area contributed by atoms with Crippen molar-refractivity contribution in [2.75, 3.05) is 7.11 Å². The normalized spacial score (nSPS) is 24.4. The molecule has 0 amide bonds. The zero-order valence-electron chi connectivity index (χ0n) is 11.1. The lowest BCUT2D eigenvalue weighted by Gasteiger charge is -2.13. The molecule has 0 saturated heterocycles. The van der Waals surface area contributed by atoms with Gasteiger partial charge in [0.15, 0.2) is 0 Å². The van der Waals surface area contributed by atoms with Gasteiger partial charge in [-0.3, -0.25) is 4.68 Å². The molecule has 0 bridgehead atoms. The van der Waals surface area contributed by atoms with Crippen LogP contribution >= 0.6 is 0 Å². The molecule has 2 atom stereocenters. The third kappa shape index (κ3) is 3.07. The Bertz CT molecular complexity index is 362. The van der Waals surface area contributed by atoms with Crippen molar-refractivity contribution in [1.82, 2.24) is 15.1 Å². The summed E-state index contributed by atoms with van der Waals surface area (Å²) in [5, 5.41) is 8.07. The topological polar surface area (TPSA) is 39.1 Å². The Morgan fingerprint density at radius 1 is 1.53 bits per heavy atom. The minimum atomic E-state index is 0.449. The molecule has 1 aliphatic carbocycles. The molecule has 17 heavy (non-hydrogen) atoms. The predicted octanol–water partition coefficient (Wildman–Crippen LogP) is 1.87. The first kappa shape index (κ1) is 12.6. The monoisotopic (exact) mass is 237 g/mol. The summed E-state index contributed by atoms with van der Waals surface area (Å²) in [6.45, 7) is 6.03. The number of rotatable bonds is 5. The third-order valence-electron chi connectivity index (χ3n) is 3.57. The van der Waals surface area contributed by atoms with Crippen molar-refractivity contribution in [1.29, 1.82) is 0 Å². The minimum absolute atomic E-state index is 0.449. The standard InChI is InChI=1S/C13H23N3O/c1-4-16-12(7-10(2)15-16)9-14-11-5-6-13(8-11)17-3/h7,11,13-14H,4-6,8-9H2,1-3H3. The lowest BCUT2D eigenvalue weighted by molar-refractivity contribution is 0.107. The predicted molar refractivity (Wildman–Crippen MR) is 67.9 cm³/mol. The Balaban J connectivity index is 1.85. The average molecular weight is 237 g/mol. The van der Waals surface area contributed by atoms with Gasteiger partial charge in [-0.2, -0.15) is 5.10 Å². The first-order chi connectivity index (χ1) is 8.22. The molecule has 0 radical (unpaired) electrons. The molecule has 2 rings (SSSR count). The number of nitrogens with one attached hydrogen (secondary N) is 1. The maximum absolute atomic E-state index is 5.38. The van der Waals surface area contributed by atoms with Crippen molar-refractivity contribution in [2.24, 2.45) is 0 Å². The molecule has 4 nitrogen and oxygen atoms in total. The van der Waals surface area contributed by atoms with Gasteiger partial charge in [-0.15, -0.1) is 0 Å². The highest BCUT2D eigenvalue weighted by Crippen LogP contribution is 2.21. The molecule has 1 aliphatic rings. The van der Waals surface area contributed by atoms with Crippen molar-refractivity contribution >= 4 is 0 Å². The van der Waals surface area contributed by atoms with E-state index in [-0.39, 0.29) is 0 Å². The number of ether oxygens (including phenoxy) is 1. The first-order valence-corrected chi connectivity index (χ1v) is 6.52. The highest BCUT2D eigenvalue weighted by atomic mass is 16.5. The zero-order chi connectivity index (χ0) is 12.3. The average Bonchev–Trinajstić information content (AvgIpc) is 2.92. The van der Waals surface area contributed by atoms with Crippen molar-refractivity contribution in [3.8, 4) is 0 Å². The molecule has 1 aromatic heterocycles. The molecule has 1 saturated carbocycles. The maximum atomic E-state index is 5.38. The van der Waals surface area contributed by atoms with Gasteiger partial charge in [-0.1, -0.05) is 0 Å². The van der Waals surface area contributed by atoms with E-state index in [1.807, 2.05) is 14.0 Å². The summed E-state index contributed by atoms with van der Waals surface area (Å²) in [6, 6.07) is 2.76. The molecule has 0 aromatic carbocycles. The molecule has 0 spiro atoms. The zero-order valence-corrected chi connectivity index (χ0v) is 11.1. The van der Waals surface area contributed by atoms with Gasteiger partial charge >= 0.3 is 0 Å². The van der Waals surface area contributed by atoms with E-state index in [0.29, 0.717) is 12.1 Å². The summed E-state index contributed by atoms with van der Waals surface area (Å²) in [4.78, 5) is 0. The Kier molecular flexibility index (Phi) is 4.18. The van der Waals surface area contributed by atoms with Crippen molar-refractivity contribution < 1.29 is 4.74 Å². The van der Waals surface area contributed by atoms with Crippen LogP contribution in [-0.4, -0.2) is 29.0 Å². The molecule has 1 N–H and O–H groups in total. The van der Waals surface area contributed by atoms with Crippen molar-refractivity contribution in [3.63, 3.8) is 0 Å². The quantitative estimate of drug-likeness (QED) is 0.849. The summed E-state index contributed by atoms with van der Waals surface area (Å²) in [5.74, 6) is 0. The van der Waals surface area contributed by atoms with E-state index in [1.165, 1.54) is 18.5 Å². The molecule has 4 heteroatoms. The van der Waals surface area contributed by atoms with Crippen LogP contribution in [0.5, 0.6) is 0 Å². The van der Waals surface area contributed by atoms with Gasteiger partial charge in [0.1, 0.15) is 0 Å². The number of aromatic nitrogens is 2. The van der Waals surface area contributed by atoms with E-state index >= 15 is 0 Å². The molecule has 1 fully saturated rings. The van der Waals surface area contributed by atoms with Gasteiger partial charge in [0.25, 0.3) is 0 Å². The highest BCUT2D eigenvalue weighted by molar-refractivity contribution is 5.09. The Morgan fingerprint density at radius 3 is 3.00 bits per heavy atom. The first-order valence-electron chi connectivity index (χ1n) is 6.52. The van der Waals surface area contributed by atoms with Crippen LogP contribution < -0.4 is 5.32 Å². The second-order valence-corrected chi connectivity index (χ2v) is 4.84. The second kappa shape index (κ2) is 5.65. The molecular formula is C13H23N3O. The van der Waals surface area contributed by atoms with Crippen LogP contribution in [-0.2, 0) is 17.8 Å². The van der Waals surface area contributed by atoms with Crippen LogP contribution in [0.2, 0.25) is 0 Å². The fourth-order valence-corrected chi connectivity index (χ4v) is 2.60. The molecule has 96 valence electrons. The van der Waals surface area contributed by atoms with E-state index in [2.05, 4.69) is 28.1 Å². The molecule has 0 aliphatic heterocycles. The summed E-state index contributed by atoms with van der Waals surface area (Å²) in [7, 11) is 1.81. The number of nitrogens with zero attached hydrogens (tertiary/aromatic N) is 2. The highest BCUT2D eigenvalue weighted by Gasteiger charge is 2.23. The maximum Gasteiger partial charge on any atom is 0.0597 e. The minimum Gasteiger partial charge on any atom is -0.381 e. The van der Waals surface area contributed by atoms with Gasteiger partial charge in [0.2, 0.25) is 0 Å². The summed E-state index contributed by atoms with van der Waals surface area (Å²) >= 11 is 0. The van der Waals surface area contributed by atoms with Gasteiger partial charge in [0, 0.05) is 26.2 Å². The largest absolute Gasteiger partial charge is 0.381 e. The fourth-order valence-electron chi connectivity index (χ4n) is 2.60. The van der Waals surface area contributed by atoms with E-state index in [1.54, 1.807) is 0 Å². The third-order valence-corrected chi connectivity index (χ3v) is 3.57. The van der Waals surface area contributed by atoms with Crippen molar-refractivity contribution in [3.05, 3.63) is 17.5 Å². The van der Waals surface area contributed by atoms with Gasteiger partial charge in [0.05, 0.1) is 17.5 Å². The SMILES string of the molecule is CCn1nc(C)cc1CNC1CCC(OC)C1. The van der Waals surface area contributed by atoms with Crippen molar-refractivity contribution in [2.45, 2.75) is 58.3 Å². The number of aryl methyl sites for hydroxylation is 2. The van der Waals surface area contributed by atoms with Crippen LogP contribution in [0.3, 0.4) is 0 Å². The second-order valence-electron chi connectivity index (χ2n) is 4.84. The summed E-state index contributed by atoms with van der Waals surface area (Å²) in [6.07, 6.45) is 3.98. The van der Waals surface area contributed by atoms with E-state index in [0.717, 1.165) is 25.2 Å². The molecular weight excluding hydrogens is 214 g/mol. The van der Waals surface area contributed by atoms with E-state index in [4.69, 9.17) is 4.74 Å². The van der Waals surface area contributed by atoms with Crippen LogP contribution in [0, 0.1) is 6.92 Å². The van der Waals surface area contributed by atoms with Crippen LogP contribution in [0.1, 0.15) is 37.6 Å². The lowest BCUT2D eigenvalue weighted by atomic mass is 10.2. The summed E-state index contributed by atoms with van der Waals surface area (Å²) in [5.41, 5.74) is 2.38. The number of methoxy groups -OCH3 is 1. The molecule has 1 heterocycles. The van der Waals surface area contributed by atoms with Gasteiger partial charge in [-0.05, 0) is 39.2 Å². The Morgan fingerprint density at radius 2 is 2.35 bits per heavy atom. The van der Waals surface area contributed by atoms with E-state index in [9.17, 15) is 0 Å². The number of hydrogen-bond donors (Lipinski definition) is 1. The van der Waals surface area contributed by atoms with Crippen LogP contribution in [0.15, 0.2) is 6.07 Å². The van der Waals surface area contributed by atoms with Gasteiger partial charge in [-0.25, -0.2) is 0 Å². The Hall–Kier alpha value is -0.870. The van der Waals surface area contributed by atoms with Crippen LogP contribution in [0.4, 0.5) is 0 Å². The molecule has 1 aromatic rings. The Labute approximate surface area is 103 Å². The number of hydrogen-bond acceptors (Lipinski definition) is 3. The molecule has 2 unspecified atom stereocenters. The van der Waals surface area contributed by atoms with Gasteiger partial charge < -0.3 is 10.1 Å². The van der Waals surface area contributed by atoms with Crippen LogP contribution in [0.25, 0.3) is 0 Å². The lowest BCUT2D eigenvalue weighted by Crippen LogP contribution is -2.27. The fraction of sp³-hybridized carbons (Fsp3) is 0.769. The summed E-state index contributed by atoms with van der Waals surface area (Å²) < 4.78 is 7.46.